The van der Waals surface area contributed by atoms with Crippen molar-refractivity contribution in [2.24, 2.45) is 5.73 Å². The zero-order chi connectivity index (χ0) is 13.7. The van der Waals surface area contributed by atoms with E-state index in [2.05, 4.69) is 5.32 Å². The molecule has 0 fully saturated rings. The summed E-state index contributed by atoms with van der Waals surface area (Å²) in [4.78, 5) is 11.2. The summed E-state index contributed by atoms with van der Waals surface area (Å²) >= 11 is 0. The summed E-state index contributed by atoms with van der Waals surface area (Å²) < 4.78 is 23.9. The molecular formula is C12H18ClFN2O3. The van der Waals surface area contributed by atoms with Crippen LogP contribution in [0.2, 0.25) is 0 Å². The minimum atomic E-state index is -0.499. The molecule has 0 aromatic heterocycles. The van der Waals surface area contributed by atoms with Gasteiger partial charge in [-0.05, 0) is 13.0 Å². The summed E-state index contributed by atoms with van der Waals surface area (Å²) in [6.07, 6.45) is 0. The van der Waals surface area contributed by atoms with Gasteiger partial charge >= 0.3 is 0 Å². The Morgan fingerprint density at radius 1 is 1.37 bits per heavy atom. The molecule has 19 heavy (non-hydrogen) atoms. The van der Waals surface area contributed by atoms with Crippen molar-refractivity contribution >= 4 is 18.3 Å². The summed E-state index contributed by atoms with van der Waals surface area (Å²) in [5.74, 6) is -0.118. The molecule has 1 amide bonds. The lowest BCUT2D eigenvalue weighted by atomic mass is 10.1. The van der Waals surface area contributed by atoms with Gasteiger partial charge in [0, 0.05) is 11.6 Å². The number of methoxy groups -OCH3 is 2. The Morgan fingerprint density at radius 2 is 1.89 bits per heavy atom. The van der Waals surface area contributed by atoms with E-state index in [-0.39, 0.29) is 24.9 Å². The molecule has 108 valence electrons. The first kappa shape index (κ1) is 17.5. The molecule has 0 aliphatic heterocycles. The van der Waals surface area contributed by atoms with Gasteiger partial charge in [0.05, 0.1) is 26.8 Å². The van der Waals surface area contributed by atoms with E-state index in [9.17, 15) is 9.18 Å². The molecule has 0 aliphatic rings. The summed E-state index contributed by atoms with van der Waals surface area (Å²) in [5, 5.41) is 2.58. The highest BCUT2D eigenvalue weighted by Gasteiger charge is 2.17. The molecule has 0 saturated heterocycles. The maximum Gasteiger partial charge on any atom is 0.234 e. The molecule has 7 heteroatoms. The molecule has 1 atom stereocenters. The molecule has 0 spiro atoms. The van der Waals surface area contributed by atoms with E-state index in [0.29, 0.717) is 17.1 Å². The Kier molecular flexibility index (Phi) is 7.18. The summed E-state index contributed by atoms with van der Waals surface area (Å²) in [6.45, 7) is 1.52. The molecule has 1 rings (SSSR count). The zero-order valence-electron chi connectivity index (χ0n) is 11.0. The Bertz CT molecular complexity index is 443. The van der Waals surface area contributed by atoms with E-state index < -0.39 is 11.9 Å². The molecule has 0 bridgehead atoms. The second-order valence-electron chi connectivity index (χ2n) is 3.72. The summed E-state index contributed by atoms with van der Waals surface area (Å²) in [7, 11) is 2.89. The fourth-order valence-corrected chi connectivity index (χ4v) is 1.58. The summed E-state index contributed by atoms with van der Waals surface area (Å²) in [5.41, 5.74) is 5.50. The Morgan fingerprint density at radius 3 is 2.37 bits per heavy atom. The van der Waals surface area contributed by atoms with Crippen molar-refractivity contribution in [1.82, 2.24) is 5.32 Å². The van der Waals surface area contributed by atoms with Crippen molar-refractivity contribution in [3.05, 3.63) is 23.5 Å². The average Bonchev–Trinajstić information content (AvgIpc) is 2.37. The van der Waals surface area contributed by atoms with Gasteiger partial charge in [0.1, 0.15) is 5.82 Å². The number of halogens is 2. The third-order valence-corrected chi connectivity index (χ3v) is 2.53. The van der Waals surface area contributed by atoms with Crippen molar-refractivity contribution in [2.45, 2.75) is 13.0 Å². The predicted molar refractivity (Wildman–Crippen MR) is 72.4 cm³/mol. The Hall–Kier alpha value is -1.53. The van der Waals surface area contributed by atoms with Gasteiger partial charge in [0.25, 0.3) is 0 Å². The van der Waals surface area contributed by atoms with Gasteiger partial charge in [-0.25, -0.2) is 4.39 Å². The number of carbonyl (C=O) groups excluding carboxylic acids is 1. The van der Waals surface area contributed by atoms with Gasteiger partial charge in [0.15, 0.2) is 11.5 Å². The number of carbonyl (C=O) groups is 1. The Labute approximate surface area is 117 Å². The lowest BCUT2D eigenvalue weighted by Crippen LogP contribution is -2.32. The zero-order valence-corrected chi connectivity index (χ0v) is 11.8. The van der Waals surface area contributed by atoms with E-state index in [1.54, 1.807) is 6.92 Å². The molecule has 1 unspecified atom stereocenters. The normalized spacial score (nSPS) is 11.2. The first-order valence-corrected chi connectivity index (χ1v) is 5.44. The molecule has 0 heterocycles. The molecule has 0 radical (unpaired) electrons. The van der Waals surface area contributed by atoms with Crippen LogP contribution < -0.4 is 20.5 Å². The minimum Gasteiger partial charge on any atom is -0.493 e. The van der Waals surface area contributed by atoms with Crippen molar-refractivity contribution in [3.63, 3.8) is 0 Å². The van der Waals surface area contributed by atoms with Crippen LogP contribution in [0.3, 0.4) is 0 Å². The van der Waals surface area contributed by atoms with Crippen LogP contribution in [-0.2, 0) is 4.79 Å². The molecule has 5 nitrogen and oxygen atoms in total. The fourth-order valence-electron chi connectivity index (χ4n) is 1.58. The summed E-state index contributed by atoms with van der Waals surface area (Å²) in [6, 6.07) is 2.22. The van der Waals surface area contributed by atoms with Gasteiger partial charge in [-0.3, -0.25) is 4.79 Å². The maximum atomic E-state index is 13.8. The second-order valence-corrected chi connectivity index (χ2v) is 3.72. The minimum absolute atomic E-state index is 0. The number of amides is 1. The third-order valence-electron chi connectivity index (χ3n) is 2.53. The standard InChI is InChI=1S/C12H17FN2O3.ClH/c1-7(15-12(16)6-14)8-4-10(17-2)11(18-3)5-9(8)13;/h4-5,7H,6,14H2,1-3H3,(H,15,16);1H. The first-order chi connectivity index (χ1) is 8.53. The van der Waals surface area contributed by atoms with Crippen molar-refractivity contribution in [2.75, 3.05) is 20.8 Å². The SMILES string of the molecule is COc1cc(F)c(C(C)NC(=O)CN)cc1OC.Cl. The molecule has 3 N–H and O–H groups in total. The van der Waals surface area contributed by atoms with Crippen LogP contribution in [0.15, 0.2) is 12.1 Å². The highest BCUT2D eigenvalue weighted by Crippen LogP contribution is 2.32. The lowest BCUT2D eigenvalue weighted by molar-refractivity contribution is -0.120. The number of hydrogen-bond donors (Lipinski definition) is 2. The number of nitrogens with one attached hydrogen (secondary N) is 1. The monoisotopic (exact) mass is 292 g/mol. The van der Waals surface area contributed by atoms with Gasteiger partial charge < -0.3 is 20.5 Å². The highest BCUT2D eigenvalue weighted by atomic mass is 35.5. The molecule has 0 saturated carbocycles. The Balaban J connectivity index is 0.00000324. The van der Waals surface area contributed by atoms with Gasteiger partial charge in [-0.2, -0.15) is 0 Å². The van der Waals surface area contributed by atoms with Gasteiger partial charge in [0.2, 0.25) is 5.91 Å². The second kappa shape index (κ2) is 7.81. The van der Waals surface area contributed by atoms with Crippen LogP contribution in [-0.4, -0.2) is 26.7 Å². The van der Waals surface area contributed by atoms with E-state index in [4.69, 9.17) is 15.2 Å². The van der Waals surface area contributed by atoms with Crippen LogP contribution >= 0.6 is 12.4 Å². The van der Waals surface area contributed by atoms with E-state index >= 15 is 0 Å². The van der Waals surface area contributed by atoms with Crippen LogP contribution in [0.5, 0.6) is 11.5 Å². The fraction of sp³-hybridized carbons (Fsp3) is 0.417. The van der Waals surface area contributed by atoms with Crippen LogP contribution in [0, 0.1) is 5.82 Å². The van der Waals surface area contributed by atoms with Gasteiger partial charge in [-0.15, -0.1) is 12.4 Å². The van der Waals surface area contributed by atoms with Crippen LogP contribution in [0.25, 0.3) is 0 Å². The molecule has 0 aliphatic carbocycles. The number of rotatable bonds is 5. The van der Waals surface area contributed by atoms with Crippen molar-refractivity contribution in [3.8, 4) is 11.5 Å². The molecule has 1 aromatic rings. The third kappa shape index (κ3) is 4.25. The predicted octanol–water partition coefficient (Wildman–Crippen LogP) is 1.40. The number of nitrogens with two attached hydrogens (primary N) is 1. The molecular weight excluding hydrogens is 275 g/mol. The smallest absolute Gasteiger partial charge is 0.234 e. The van der Waals surface area contributed by atoms with E-state index in [1.807, 2.05) is 0 Å². The lowest BCUT2D eigenvalue weighted by Gasteiger charge is -2.17. The van der Waals surface area contributed by atoms with Crippen LogP contribution in [0.4, 0.5) is 4.39 Å². The quantitative estimate of drug-likeness (QED) is 0.860. The first-order valence-electron chi connectivity index (χ1n) is 5.44. The number of ether oxygens (including phenoxy) is 2. The van der Waals surface area contributed by atoms with Crippen LogP contribution in [0.1, 0.15) is 18.5 Å². The van der Waals surface area contributed by atoms with Crippen molar-refractivity contribution in [1.29, 1.82) is 0 Å². The largest absolute Gasteiger partial charge is 0.493 e. The highest BCUT2D eigenvalue weighted by molar-refractivity contribution is 5.85. The molecule has 1 aromatic carbocycles. The topological polar surface area (TPSA) is 73.6 Å². The van der Waals surface area contributed by atoms with E-state index in [0.717, 1.165) is 0 Å². The number of benzene rings is 1. The maximum absolute atomic E-state index is 13.8. The average molecular weight is 293 g/mol. The van der Waals surface area contributed by atoms with Crippen molar-refractivity contribution < 1.29 is 18.7 Å². The van der Waals surface area contributed by atoms with Gasteiger partial charge in [-0.1, -0.05) is 0 Å². The number of hydrogen-bond acceptors (Lipinski definition) is 4. The van der Waals surface area contributed by atoms with E-state index in [1.165, 1.54) is 26.4 Å².